The number of Topliss-reactive ketones (excluding diaryl/α,β-unsaturated/α-hetero) is 1. The fourth-order valence-electron chi connectivity index (χ4n) is 1.28. The summed E-state index contributed by atoms with van der Waals surface area (Å²) in [6.45, 7) is 0. The van der Waals surface area contributed by atoms with Crippen LogP contribution in [0.4, 0.5) is 5.69 Å². The van der Waals surface area contributed by atoms with Gasteiger partial charge in [-0.2, -0.15) is 5.11 Å². The number of benzene rings is 1. The predicted molar refractivity (Wildman–Crippen MR) is 75.3 cm³/mol. The van der Waals surface area contributed by atoms with Crippen LogP contribution in [-0.4, -0.2) is 10.9 Å². The summed E-state index contributed by atoms with van der Waals surface area (Å²) in [5.41, 5.74) is 0.431. The summed E-state index contributed by atoms with van der Waals surface area (Å²) in [5, 5.41) is 19.0. The second kappa shape index (κ2) is 6.26. The number of hydrogen-bond acceptors (Lipinski definition) is 5. The van der Waals surface area contributed by atoms with E-state index < -0.39 is 0 Å². The van der Waals surface area contributed by atoms with E-state index in [0.29, 0.717) is 21.8 Å². The lowest BCUT2D eigenvalue weighted by atomic mass is 10.2. The average Bonchev–Trinajstić information content (AvgIpc) is 2.95. The lowest BCUT2D eigenvalue weighted by Crippen LogP contribution is -1.98. The second-order valence-electron chi connectivity index (χ2n) is 3.50. The van der Waals surface area contributed by atoms with Crippen molar-refractivity contribution in [2.24, 2.45) is 10.2 Å². The second-order valence-corrected chi connectivity index (χ2v) is 4.88. The third-order valence-corrected chi connectivity index (χ3v) is 3.32. The molecule has 0 spiro atoms. The lowest BCUT2D eigenvalue weighted by molar-refractivity contribution is 0.103. The molecule has 0 unspecified atom stereocenters. The molecule has 6 heteroatoms. The van der Waals surface area contributed by atoms with Gasteiger partial charge in [-0.25, -0.2) is 0 Å². The average molecular weight is 293 g/mol. The van der Waals surface area contributed by atoms with Gasteiger partial charge in [0.15, 0.2) is 5.70 Å². The van der Waals surface area contributed by atoms with Crippen LogP contribution in [0, 0.1) is 0 Å². The number of aliphatic hydroxyl groups is 1. The number of allylic oxidation sites excluding steroid dienone is 1. The smallest absolute Gasteiger partial charge is 0.226 e. The van der Waals surface area contributed by atoms with E-state index in [0.717, 1.165) is 0 Å². The molecular formula is C13H9ClN2O2S. The molecule has 1 heterocycles. The van der Waals surface area contributed by atoms with Gasteiger partial charge < -0.3 is 5.11 Å². The Labute approximate surface area is 118 Å². The summed E-state index contributed by atoms with van der Waals surface area (Å²) >= 11 is 7.02. The highest BCUT2D eigenvalue weighted by atomic mass is 35.5. The van der Waals surface area contributed by atoms with Crippen LogP contribution in [0.15, 0.2) is 64.0 Å². The Morgan fingerprint density at radius 1 is 1.26 bits per heavy atom. The van der Waals surface area contributed by atoms with Crippen LogP contribution >= 0.6 is 22.9 Å². The van der Waals surface area contributed by atoms with Crippen molar-refractivity contribution < 1.29 is 9.90 Å². The summed E-state index contributed by atoms with van der Waals surface area (Å²) < 4.78 is 0. The Kier molecular flexibility index (Phi) is 4.43. The molecule has 0 atom stereocenters. The quantitative estimate of drug-likeness (QED) is 0.382. The van der Waals surface area contributed by atoms with Crippen LogP contribution < -0.4 is 0 Å². The van der Waals surface area contributed by atoms with E-state index in [4.69, 9.17) is 16.7 Å². The van der Waals surface area contributed by atoms with E-state index in [1.54, 1.807) is 41.8 Å². The minimum Gasteiger partial charge on any atom is -0.513 e. The molecule has 2 rings (SSSR count). The highest BCUT2D eigenvalue weighted by molar-refractivity contribution is 7.12. The van der Waals surface area contributed by atoms with E-state index in [2.05, 4.69) is 10.2 Å². The first-order chi connectivity index (χ1) is 9.20. The molecule has 96 valence electrons. The van der Waals surface area contributed by atoms with Crippen molar-refractivity contribution in [2.45, 2.75) is 0 Å². The molecule has 1 aromatic heterocycles. The summed E-state index contributed by atoms with van der Waals surface area (Å²) in [6.07, 6.45) is 0.654. The number of carbonyl (C=O) groups is 1. The van der Waals surface area contributed by atoms with Crippen LogP contribution in [-0.2, 0) is 0 Å². The fraction of sp³-hybridized carbons (Fsp3) is 0. The molecule has 1 N–H and O–H groups in total. The Morgan fingerprint density at radius 3 is 2.58 bits per heavy atom. The minimum atomic E-state index is -0.366. The van der Waals surface area contributed by atoms with Crippen molar-refractivity contribution in [1.29, 1.82) is 0 Å². The van der Waals surface area contributed by atoms with Crippen molar-refractivity contribution in [2.75, 3.05) is 0 Å². The minimum absolute atomic E-state index is 0.114. The van der Waals surface area contributed by atoms with Gasteiger partial charge in [0.2, 0.25) is 5.78 Å². The van der Waals surface area contributed by atoms with Crippen LogP contribution in [0.1, 0.15) is 9.67 Å². The van der Waals surface area contributed by atoms with Crippen molar-refractivity contribution in [3.05, 3.63) is 63.6 Å². The summed E-state index contributed by atoms with van der Waals surface area (Å²) in [5.74, 6) is -0.366. The number of ketones is 1. The zero-order valence-electron chi connectivity index (χ0n) is 9.65. The van der Waals surface area contributed by atoms with Crippen molar-refractivity contribution >= 4 is 34.4 Å². The highest BCUT2D eigenvalue weighted by Gasteiger charge is 2.13. The molecule has 2 aromatic rings. The van der Waals surface area contributed by atoms with E-state index in [1.807, 2.05) is 0 Å². The summed E-state index contributed by atoms with van der Waals surface area (Å²) in [7, 11) is 0. The summed E-state index contributed by atoms with van der Waals surface area (Å²) in [4.78, 5) is 12.4. The Balaban J connectivity index is 2.16. The maximum atomic E-state index is 11.9. The van der Waals surface area contributed by atoms with Crippen molar-refractivity contribution in [1.82, 2.24) is 0 Å². The maximum Gasteiger partial charge on any atom is 0.226 e. The molecule has 19 heavy (non-hydrogen) atoms. The van der Waals surface area contributed by atoms with Crippen LogP contribution in [0.5, 0.6) is 0 Å². The molecule has 0 amide bonds. The molecule has 0 bridgehead atoms. The SMILES string of the molecule is O=C(/C(=C/O)N=Nc1ccc(Cl)cc1)c1cccs1. The molecular weight excluding hydrogens is 284 g/mol. The number of rotatable bonds is 4. The first kappa shape index (κ1) is 13.5. The lowest BCUT2D eigenvalue weighted by Gasteiger charge is -1.96. The number of azo groups is 1. The zero-order valence-corrected chi connectivity index (χ0v) is 11.2. The van der Waals surface area contributed by atoms with Crippen LogP contribution in [0.2, 0.25) is 5.02 Å². The predicted octanol–water partition coefficient (Wildman–Crippen LogP) is 4.77. The largest absolute Gasteiger partial charge is 0.513 e. The van der Waals surface area contributed by atoms with E-state index in [-0.39, 0.29) is 11.5 Å². The third kappa shape index (κ3) is 3.49. The number of carbonyl (C=O) groups excluding carboxylic acids is 1. The Bertz CT molecular complexity index is 619. The van der Waals surface area contributed by atoms with E-state index in [1.165, 1.54) is 11.3 Å². The molecule has 1 aromatic carbocycles. The highest BCUT2D eigenvalue weighted by Crippen LogP contribution is 2.19. The number of hydrogen-bond donors (Lipinski definition) is 1. The first-order valence-electron chi connectivity index (χ1n) is 5.30. The maximum absolute atomic E-state index is 11.9. The van der Waals surface area contributed by atoms with Crippen molar-refractivity contribution in [3.8, 4) is 0 Å². The normalized spacial score (nSPS) is 11.9. The zero-order chi connectivity index (χ0) is 13.7. The molecule has 0 aliphatic carbocycles. The molecule has 0 saturated heterocycles. The molecule has 0 radical (unpaired) electrons. The number of halogens is 1. The van der Waals surface area contributed by atoms with Crippen molar-refractivity contribution in [3.63, 3.8) is 0 Å². The molecule has 0 aliphatic rings. The van der Waals surface area contributed by atoms with Gasteiger partial charge in [0.1, 0.15) is 6.26 Å². The van der Waals surface area contributed by atoms with Gasteiger partial charge in [-0.05, 0) is 35.7 Å². The Morgan fingerprint density at radius 2 is 2.00 bits per heavy atom. The van der Waals surface area contributed by atoms with Gasteiger partial charge in [0, 0.05) is 5.02 Å². The van der Waals surface area contributed by atoms with E-state index >= 15 is 0 Å². The number of thiophene rings is 1. The third-order valence-electron chi connectivity index (χ3n) is 2.20. The van der Waals surface area contributed by atoms with Gasteiger partial charge in [0.25, 0.3) is 0 Å². The Hall–Kier alpha value is -1.98. The van der Waals surface area contributed by atoms with Crippen LogP contribution in [0.3, 0.4) is 0 Å². The molecule has 0 saturated carbocycles. The molecule has 4 nitrogen and oxygen atoms in total. The van der Waals surface area contributed by atoms with Gasteiger partial charge in [0.05, 0.1) is 10.6 Å². The van der Waals surface area contributed by atoms with Gasteiger partial charge in [-0.1, -0.05) is 17.7 Å². The molecule has 0 aliphatic heterocycles. The first-order valence-corrected chi connectivity index (χ1v) is 6.56. The monoisotopic (exact) mass is 292 g/mol. The van der Waals surface area contributed by atoms with Gasteiger partial charge in [-0.3, -0.25) is 4.79 Å². The topological polar surface area (TPSA) is 62.0 Å². The molecule has 0 fully saturated rings. The standard InChI is InChI=1S/C13H9ClN2O2S/c14-9-3-5-10(6-4-9)15-16-11(8-17)13(18)12-2-1-7-19-12/h1-8,17H/b11-8-,16-15?. The van der Waals surface area contributed by atoms with Crippen LogP contribution in [0.25, 0.3) is 0 Å². The van der Waals surface area contributed by atoms with Gasteiger partial charge >= 0.3 is 0 Å². The number of aliphatic hydroxyl groups excluding tert-OH is 1. The fourth-order valence-corrected chi connectivity index (χ4v) is 2.08. The van der Waals surface area contributed by atoms with Gasteiger partial charge in [-0.15, -0.1) is 16.5 Å². The number of nitrogens with zero attached hydrogens (tertiary/aromatic N) is 2. The van der Waals surface area contributed by atoms with E-state index in [9.17, 15) is 4.79 Å². The summed E-state index contributed by atoms with van der Waals surface area (Å²) in [6, 6.07) is 10.1.